The molecule has 2 aromatic rings. The lowest BCUT2D eigenvalue weighted by molar-refractivity contribution is -0.132. The maximum absolute atomic E-state index is 14.0. The number of carbonyl (C=O) groups excluding carboxylic acids is 1. The van der Waals surface area contributed by atoms with Crippen LogP contribution in [-0.4, -0.2) is 79.5 Å². The fourth-order valence-corrected chi connectivity index (χ4v) is 4.38. The molecule has 0 radical (unpaired) electrons. The molecule has 0 N–H and O–H groups in total. The minimum atomic E-state index is -0.193. The highest BCUT2D eigenvalue weighted by atomic mass is 19.1. The van der Waals surface area contributed by atoms with E-state index in [0.29, 0.717) is 38.4 Å². The van der Waals surface area contributed by atoms with Gasteiger partial charge in [0.2, 0.25) is 5.91 Å². The highest BCUT2D eigenvalue weighted by Crippen LogP contribution is 2.20. The number of benzene rings is 2. The summed E-state index contributed by atoms with van der Waals surface area (Å²) in [6.07, 6.45) is 1.08. The van der Waals surface area contributed by atoms with Crippen LogP contribution < -0.4 is 4.90 Å². The van der Waals surface area contributed by atoms with Gasteiger partial charge in [0, 0.05) is 45.8 Å². The first-order chi connectivity index (χ1) is 14.7. The molecule has 2 saturated heterocycles. The van der Waals surface area contributed by atoms with E-state index in [4.69, 9.17) is 0 Å². The molecule has 0 bridgehead atoms. The summed E-state index contributed by atoms with van der Waals surface area (Å²) < 4.78 is 14.0. The molecule has 2 aliphatic heterocycles. The molecule has 0 aromatic heterocycles. The van der Waals surface area contributed by atoms with E-state index in [2.05, 4.69) is 40.1 Å². The predicted octanol–water partition coefficient (Wildman–Crippen LogP) is 2.68. The van der Waals surface area contributed by atoms with E-state index in [1.165, 1.54) is 11.6 Å². The van der Waals surface area contributed by atoms with Crippen LogP contribution in [0, 0.1) is 5.82 Å². The van der Waals surface area contributed by atoms with Gasteiger partial charge >= 0.3 is 0 Å². The first kappa shape index (κ1) is 20.8. The lowest BCUT2D eigenvalue weighted by Gasteiger charge is -2.37. The van der Waals surface area contributed by atoms with Crippen LogP contribution in [0.3, 0.4) is 0 Å². The van der Waals surface area contributed by atoms with Gasteiger partial charge in [0.25, 0.3) is 0 Å². The number of rotatable bonds is 5. The summed E-state index contributed by atoms with van der Waals surface area (Å²) in [4.78, 5) is 21.6. The topological polar surface area (TPSA) is 30.0 Å². The average molecular weight is 411 g/mol. The first-order valence-corrected chi connectivity index (χ1v) is 10.9. The van der Waals surface area contributed by atoms with Gasteiger partial charge < -0.3 is 9.80 Å². The Balaban J connectivity index is 1.23. The van der Waals surface area contributed by atoms with Crippen molar-refractivity contribution < 1.29 is 9.18 Å². The molecular weight excluding hydrogens is 379 g/mol. The Labute approximate surface area is 178 Å². The van der Waals surface area contributed by atoms with E-state index < -0.39 is 0 Å². The number of halogens is 1. The highest BCUT2D eigenvalue weighted by Gasteiger charge is 2.25. The smallest absolute Gasteiger partial charge is 0.236 e. The lowest BCUT2D eigenvalue weighted by Crippen LogP contribution is -2.51. The van der Waals surface area contributed by atoms with Gasteiger partial charge in [-0.3, -0.25) is 14.6 Å². The molecule has 2 aliphatic rings. The van der Waals surface area contributed by atoms with Crippen molar-refractivity contribution in [1.82, 2.24) is 14.7 Å². The van der Waals surface area contributed by atoms with Crippen molar-refractivity contribution in [2.75, 3.05) is 63.8 Å². The Morgan fingerprint density at radius 3 is 2.20 bits per heavy atom. The molecule has 4 rings (SSSR count). The van der Waals surface area contributed by atoms with Gasteiger partial charge in [0.05, 0.1) is 12.2 Å². The Morgan fingerprint density at radius 1 is 0.767 bits per heavy atom. The minimum Gasteiger partial charge on any atom is -0.366 e. The highest BCUT2D eigenvalue weighted by molar-refractivity contribution is 5.78. The average Bonchev–Trinajstić information content (AvgIpc) is 3.00. The van der Waals surface area contributed by atoms with Crippen molar-refractivity contribution in [3.63, 3.8) is 0 Å². The van der Waals surface area contributed by atoms with Crippen molar-refractivity contribution in [1.29, 1.82) is 0 Å². The van der Waals surface area contributed by atoms with Gasteiger partial charge in [-0.1, -0.05) is 42.5 Å². The molecule has 2 aromatic carbocycles. The number of para-hydroxylation sites is 1. The van der Waals surface area contributed by atoms with Crippen LogP contribution >= 0.6 is 0 Å². The number of nitrogens with zero attached hydrogens (tertiary/aromatic N) is 4. The normalized spacial score (nSPS) is 19.0. The third-order valence-electron chi connectivity index (χ3n) is 6.11. The Bertz CT molecular complexity index is 823. The second kappa shape index (κ2) is 10.0. The molecule has 5 nitrogen and oxygen atoms in total. The fourth-order valence-electron chi connectivity index (χ4n) is 4.38. The van der Waals surface area contributed by atoms with E-state index in [9.17, 15) is 9.18 Å². The molecule has 30 heavy (non-hydrogen) atoms. The van der Waals surface area contributed by atoms with E-state index in [1.807, 2.05) is 21.9 Å². The zero-order valence-electron chi connectivity index (χ0n) is 17.5. The lowest BCUT2D eigenvalue weighted by atomic mass is 10.2. The molecular formula is C24H31FN4O. The molecule has 2 fully saturated rings. The second-order valence-corrected chi connectivity index (χ2v) is 8.21. The summed E-state index contributed by atoms with van der Waals surface area (Å²) in [6, 6.07) is 17.4. The number of amides is 1. The maximum Gasteiger partial charge on any atom is 0.236 e. The molecule has 6 heteroatoms. The summed E-state index contributed by atoms with van der Waals surface area (Å²) in [6.45, 7) is 8.07. The van der Waals surface area contributed by atoms with Crippen LogP contribution in [0.4, 0.5) is 10.1 Å². The number of piperazine rings is 1. The van der Waals surface area contributed by atoms with Gasteiger partial charge in [-0.05, 0) is 37.2 Å². The van der Waals surface area contributed by atoms with E-state index in [-0.39, 0.29) is 11.7 Å². The molecule has 2 heterocycles. The van der Waals surface area contributed by atoms with Crippen molar-refractivity contribution in [2.45, 2.75) is 13.0 Å². The summed E-state index contributed by atoms with van der Waals surface area (Å²) >= 11 is 0. The summed E-state index contributed by atoms with van der Waals surface area (Å²) in [7, 11) is 0. The number of anilines is 1. The molecule has 0 spiro atoms. The second-order valence-electron chi connectivity index (χ2n) is 8.21. The summed E-state index contributed by atoms with van der Waals surface area (Å²) in [5.41, 5.74) is 1.98. The predicted molar refractivity (Wildman–Crippen MR) is 118 cm³/mol. The van der Waals surface area contributed by atoms with Crippen LogP contribution in [0.5, 0.6) is 0 Å². The zero-order valence-corrected chi connectivity index (χ0v) is 17.5. The van der Waals surface area contributed by atoms with Crippen LogP contribution in [-0.2, 0) is 11.3 Å². The molecule has 0 atom stereocenters. The maximum atomic E-state index is 14.0. The van der Waals surface area contributed by atoms with Gasteiger partial charge in [-0.25, -0.2) is 4.39 Å². The number of hydrogen-bond donors (Lipinski definition) is 0. The van der Waals surface area contributed by atoms with Gasteiger partial charge in [0.15, 0.2) is 0 Å². The van der Waals surface area contributed by atoms with Crippen LogP contribution in [0.25, 0.3) is 0 Å². The molecule has 0 aliphatic carbocycles. The van der Waals surface area contributed by atoms with Crippen molar-refractivity contribution in [3.8, 4) is 0 Å². The van der Waals surface area contributed by atoms with Crippen LogP contribution in [0.15, 0.2) is 54.6 Å². The van der Waals surface area contributed by atoms with E-state index in [0.717, 1.165) is 39.1 Å². The fraction of sp³-hybridized carbons (Fsp3) is 0.458. The summed E-state index contributed by atoms with van der Waals surface area (Å²) in [5.74, 6) is 0.00148. The zero-order chi connectivity index (χ0) is 20.8. The molecule has 1 amide bonds. The van der Waals surface area contributed by atoms with Gasteiger partial charge in [0.1, 0.15) is 5.82 Å². The SMILES string of the molecule is O=C(CN1CCCN(Cc2ccccc2)CC1)N1CCN(c2ccccc2F)CC1. The van der Waals surface area contributed by atoms with Gasteiger partial charge in [-0.2, -0.15) is 0 Å². The number of hydrogen-bond acceptors (Lipinski definition) is 4. The minimum absolute atomic E-state index is 0.193. The first-order valence-electron chi connectivity index (χ1n) is 10.9. The molecule has 160 valence electrons. The third kappa shape index (κ3) is 5.37. The van der Waals surface area contributed by atoms with Crippen molar-refractivity contribution in [3.05, 3.63) is 66.0 Å². The largest absolute Gasteiger partial charge is 0.366 e. The quantitative estimate of drug-likeness (QED) is 0.758. The van der Waals surface area contributed by atoms with Crippen molar-refractivity contribution >= 4 is 11.6 Å². The van der Waals surface area contributed by atoms with Crippen molar-refractivity contribution in [2.24, 2.45) is 0 Å². The molecule has 0 unspecified atom stereocenters. The Hall–Kier alpha value is -2.44. The Kier molecular flexibility index (Phi) is 6.97. The molecule has 0 saturated carbocycles. The van der Waals surface area contributed by atoms with Crippen LogP contribution in [0.1, 0.15) is 12.0 Å². The van der Waals surface area contributed by atoms with Gasteiger partial charge in [-0.15, -0.1) is 0 Å². The summed E-state index contributed by atoms with van der Waals surface area (Å²) in [5, 5.41) is 0. The van der Waals surface area contributed by atoms with Crippen LogP contribution in [0.2, 0.25) is 0 Å². The van der Waals surface area contributed by atoms with E-state index in [1.54, 1.807) is 6.07 Å². The van der Waals surface area contributed by atoms with E-state index >= 15 is 0 Å². The monoisotopic (exact) mass is 410 g/mol. The number of carbonyl (C=O) groups is 1. The third-order valence-corrected chi connectivity index (χ3v) is 6.11. The Morgan fingerprint density at radius 2 is 1.43 bits per heavy atom. The standard InChI is InChI=1S/C24H31FN4O/c25-22-9-4-5-10-23(22)28-15-17-29(18-16-28)24(30)20-27-12-6-11-26(13-14-27)19-21-7-2-1-3-8-21/h1-5,7-10H,6,11-20H2.